The Balaban J connectivity index is 1.73. The van der Waals surface area contributed by atoms with E-state index in [2.05, 4.69) is 14.8 Å². The van der Waals surface area contributed by atoms with Crippen LogP contribution >= 0.6 is 11.3 Å². The number of esters is 1. The zero-order valence-corrected chi connectivity index (χ0v) is 17.0. The van der Waals surface area contributed by atoms with Crippen LogP contribution in [0.5, 0.6) is 5.75 Å². The minimum Gasteiger partial charge on any atom is -0.495 e. The Morgan fingerprint density at radius 2 is 2.14 bits per heavy atom. The van der Waals surface area contributed by atoms with Gasteiger partial charge in [0.25, 0.3) is 0 Å². The van der Waals surface area contributed by atoms with Gasteiger partial charge in [-0.1, -0.05) is 0 Å². The number of ether oxygens (including phenoxy) is 2. The van der Waals surface area contributed by atoms with E-state index in [0.29, 0.717) is 5.69 Å². The predicted octanol–water partition coefficient (Wildman–Crippen LogP) is 1.82. The van der Waals surface area contributed by atoms with Crippen molar-refractivity contribution in [2.45, 2.75) is 11.5 Å². The second-order valence-electron chi connectivity index (χ2n) is 5.70. The maximum Gasteiger partial charge on any atom is 0.338 e. The molecule has 0 unspecified atom stereocenters. The molecule has 0 atom stereocenters. The number of rotatable bonds is 7. The van der Waals surface area contributed by atoms with Gasteiger partial charge < -0.3 is 9.47 Å². The zero-order chi connectivity index (χ0) is 20.3. The zero-order valence-electron chi connectivity index (χ0n) is 15.4. The van der Waals surface area contributed by atoms with Gasteiger partial charge in [0.15, 0.2) is 0 Å². The van der Waals surface area contributed by atoms with Gasteiger partial charge >= 0.3 is 5.97 Å². The molecule has 2 heterocycles. The molecule has 28 heavy (non-hydrogen) atoms. The van der Waals surface area contributed by atoms with Crippen LogP contribution in [0.15, 0.2) is 40.9 Å². The van der Waals surface area contributed by atoms with Crippen LogP contribution in [-0.2, 0) is 28.4 Å². The van der Waals surface area contributed by atoms with E-state index in [4.69, 9.17) is 9.47 Å². The van der Waals surface area contributed by atoms with E-state index in [1.54, 1.807) is 16.3 Å². The first kappa shape index (κ1) is 20.0. The highest BCUT2D eigenvalue weighted by atomic mass is 32.2. The summed E-state index contributed by atoms with van der Waals surface area (Å²) >= 11 is 1.42. The van der Waals surface area contributed by atoms with E-state index in [1.165, 1.54) is 43.7 Å². The lowest BCUT2D eigenvalue weighted by Crippen LogP contribution is -2.20. The second kappa shape index (κ2) is 8.09. The largest absolute Gasteiger partial charge is 0.495 e. The molecule has 0 aliphatic rings. The summed E-state index contributed by atoms with van der Waals surface area (Å²) in [5, 5.41) is 6.66. The molecule has 0 amide bonds. The van der Waals surface area contributed by atoms with Crippen LogP contribution in [0.3, 0.4) is 0 Å². The minimum atomic E-state index is -3.79. The fourth-order valence-electron chi connectivity index (χ4n) is 2.38. The molecular weight excluding hydrogens is 404 g/mol. The first-order chi connectivity index (χ1) is 13.3. The number of hydrogen-bond donors (Lipinski definition) is 1. The smallest absolute Gasteiger partial charge is 0.338 e. The fraction of sp³-hybridized carbons (Fsp3) is 0.235. The molecule has 3 aromatic rings. The quantitative estimate of drug-likeness (QED) is 0.578. The summed E-state index contributed by atoms with van der Waals surface area (Å²) < 4.78 is 38.4. The number of nitrogens with one attached hydrogen (secondary N) is 1. The van der Waals surface area contributed by atoms with Crippen molar-refractivity contribution < 1.29 is 22.7 Å². The molecule has 3 rings (SSSR count). The summed E-state index contributed by atoms with van der Waals surface area (Å²) in [5.74, 6) is -0.530. The molecule has 0 saturated heterocycles. The number of aromatic nitrogens is 3. The van der Waals surface area contributed by atoms with Gasteiger partial charge in [0.1, 0.15) is 22.3 Å². The van der Waals surface area contributed by atoms with E-state index in [1.807, 2.05) is 13.2 Å². The molecular formula is C17H18N4O5S2. The van der Waals surface area contributed by atoms with Crippen LogP contribution in [0.2, 0.25) is 0 Å². The highest BCUT2D eigenvalue weighted by molar-refractivity contribution is 7.89. The highest BCUT2D eigenvalue weighted by Crippen LogP contribution is 2.26. The third-order valence-corrected chi connectivity index (χ3v) is 6.19. The Kier molecular flexibility index (Phi) is 5.77. The standard InChI is InChI=1S/C17H18N4O5S2/c1-18-28(23,24)15-6-11(4-5-14(15)25-3)17(22)26-9-13-10-27-16(20-13)12-7-19-21(2)8-12/h4-8,10,18H,9H2,1-3H3. The average molecular weight is 422 g/mol. The van der Waals surface area contributed by atoms with E-state index in [0.717, 1.165) is 10.6 Å². The first-order valence-electron chi connectivity index (χ1n) is 8.06. The number of carbonyl (C=O) groups excluding carboxylic acids is 1. The topological polar surface area (TPSA) is 112 Å². The average Bonchev–Trinajstić information content (AvgIpc) is 3.34. The Hall–Kier alpha value is -2.76. The van der Waals surface area contributed by atoms with Gasteiger partial charge in [-0.15, -0.1) is 11.3 Å². The summed E-state index contributed by atoms with van der Waals surface area (Å²) in [6.07, 6.45) is 3.55. The van der Waals surface area contributed by atoms with Crippen LogP contribution in [0.4, 0.5) is 0 Å². The number of carbonyl (C=O) groups is 1. The molecule has 0 bridgehead atoms. The lowest BCUT2D eigenvalue weighted by molar-refractivity contribution is 0.0468. The van der Waals surface area contributed by atoms with Crippen LogP contribution in [-0.4, -0.2) is 43.3 Å². The van der Waals surface area contributed by atoms with Crippen molar-refractivity contribution in [3.63, 3.8) is 0 Å². The number of aryl methyl sites for hydroxylation is 1. The molecule has 0 saturated carbocycles. The monoisotopic (exact) mass is 422 g/mol. The van der Waals surface area contributed by atoms with Crippen molar-refractivity contribution in [1.29, 1.82) is 0 Å². The van der Waals surface area contributed by atoms with Gasteiger partial charge in [-0.3, -0.25) is 4.68 Å². The Labute approximate surface area is 166 Å². The van der Waals surface area contributed by atoms with Crippen molar-refractivity contribution in [3.05, 3.63) is 47.2 Å². The summed E-state index contributed by atoms with van der Waals surface area (Å²) in [7, 11) is 0.657. The number of methoxy groups -OCH3 is 1. The van der Waals surface area contributed by atoms with Crippen LogP contribution in [0.25, 0.3) is 10.6 Å². The maximum atomic E-state index is 12.3. The van der Waals surface area contributed by atoms with Crippen LogP contribution < -0.4 is 9.46 Å². The number of hydrogen-bond acceptors (Lipinski definition) is 8. The van der Waals surface area contributed by atoms with Gasteiger partial charge in [0.2, 0.25) is 10.0 Å². The van der Waals surface area contributed by atoms with Gasteiger partial charge in [-0.2, -0.15) is 5.10 Å². The number of sulfonamides is 1. The first-order valence-corrected chi connectivity index (χ1v) is 10.4. The van der Waals surface area contributed by atoms with Crippen LogP contribution in [0, 0.1) is 0 Å². The van der Waals surface area contributed by atoms with Crippen molar-refractivity contribution in [3.8, 4) is 16.3 Å². The molecule has 0 aliphatic heterocycles. The molecule has 0 fully saturated rings. The van der Waals surface area contributed by atoms with Crippen molar-refractivity contribution in [2.24, 2.45) is 7.05 Å². The Morgan fingerprint density at radius 3 is 2.79 bits per heavy atom. The lowest BCUT2D eigenvalue weighted by atomic mass is 10.2. The third-order valence-electron chi connectivity index (χ3n) is 3.81. The third kappa shape index (κ3) is 4.21. The predicted molar refractivity (Wildman–Crippen MR) is 103 cm³/mol. The second-order valence-corrected chi connectivity index (χ2v) is 8.41. The molecule has 9 nitrogen and oxygen atoms in total. The van der Waals surface area contributed by atoms with E-state index >= 15 is 0 Å². The Bertz CT molecular complexity index is 1100. The van der Waals surface area contributed by atoms with Crippen molar-refractivity contribution >= 4 is 27.3 Å². The summed E-state index contributed by atoms with van der Waals surface area (Å²) in [6.45, 7) is -0.0320. The number of thiazole rings is 1. The summed E-state index contributed by atoms with van der Waals surface area (Å²) in [4.78, 5) is 16.6. The lowest BCUT2D eigenvalue weighted by Gasteiger charge is -2.10. The summed E-state index contributed by atoms with van der Waals surface area (Å²) in [6, 6.07) is 4.07. The van der Waals surface area contributed by atoms with E-state index < -0.39 is 16.0 Å². The van der Waals surface area contributed by atoms with E-state index in [9.17, 15) is 13.2 Å². The van der Waals surface area contributed by atoms with Gasteiger partial charge in [0, 0.05) is 24.2 Å². The van der Waals surface area contributed by atoms with Crippen LogP contribution in [0.1, 0.15) is 16.1 Å². The van der Waals surface area contributed by atoms with Gasteiger partial charge in [-0.25, -0.2) is 22.9 Å². The molecule has 0 spiro atoms. The molecule has 148 valence electrons. The summed E-state index contributed by atoms with van der Waals surface area (Å²) in [5.41, 5.74) is 1.56. The molecule has 0 aliphatic carbocycles. The molecule has 11 heteroatoms. The SMILES string of the molecule is CNS(=O)(=O)c1cc(C(=O)OCc2csc(-c3cnn(C)c3)n2)ccc1OC. The fourth-order valence-corrected chi connectivity index (χ4v) is 4.08. The molecule has 2 aromatic heterocycles. The van der Waals surface area contributed by atoms with Crippen molar-refractivity contribution in [2.75, 3.05) is 14.2 Å². The number of nitrogens with zero attached hydrogens (tertiary/aromatic N) is 3. The molecule has 1 aromatic carbocycles. The Morgan fingerprint density at radius 1 is 1.36 bits per heavy atom. The minimum absolute atomic E-state index is 0.0320. The normalized spacial score (nSPS) is 11.4. The molecule has 0 radical (unpaired) electrons. The maximum absolute atomic E-state index is 12.3. The molecule has 1 N–H and O–H groups in total. The van der Waals surface area contributed by atoms with Crippen molar-refractivity contribution in [1.82, 2.24) is 19.5 Å². The van der Waals surface area contributed by atoms with E-state index in [-0.39, 0.29) is 22.8 Å². The number of benzene rings is 1. The van der Waals surface area contributed by atoms with Gasteiger partial charge in [-0.05, 0) is 25.2 Å². The van der Waals surface area contributed by atoms with Gasteiger partial charge in [0.05, 0.1) is 24.6 Å². The highest BCUT2D eigenvalue weighted by Gasteiger charge is 2.21.